The van der Waals surface area contributed by atoms with Crippen LogP contribution in [0.3, 0.4) is 0 Å². The average Bonchev–Trinajstić information content (AvgIpc) is 2.35. The molecule has 2 amide bonds. The zero-order chi connectivity index (χ0) is 14.6. The summed E-state index contributed by atoms with van der Waals surface area (Å²) in [6.07, 6.45) is 0. The van der Waals surface area contributed by atoms with E-state index in [4.69, 9.17) is 23.1 Å². The lowest BCUT2D eigenvalue weighted by molar-refractivity contribution is -0.127. The van der Waals surface area contributed by atoms with Gasteiger partial charge in [0.05, 0.1) is 22.8 Å². The van der Waals surface area contributed by atoms with Crippen LogP contribution in [0.4, 0.5) is 11.4 Å². The van der Waals surface area contributed by atoms with E-state index in [0.29, 0.717) is 17.9 Å². The number of nitrogens with one attached hydrogen (secondary N) is 1. The van der Waals surface area contributed by atoms with E-state index in [9.17, 15) is 9.59 Å². The van der Waals surface area contributed by atoms with Crippen molar-refractivity contribution >= 4 is 34.8 Å². The molecule has 0 aliphatic heterocycles. The minimum absolute atomic E-state index is 0.0221. The van der Waals surface area contributed by atoms with Crippen molar-refractivity contribution in [3.05, 3.63) is 22.7 Å². The van der Waals surface area contributed by atoms with Gasteiger partial charge in [0.1, 0.15) is 0 Å². The quantitative estimate of drug-likeness (QED) is 0.700. The highest BCUT2D eigenvalue weighted by molar-refractivity contribution is 6.34. The molecule has 19 heavy (non-hydrogen) atoms. The van der Waals surface area contributed by atoms with Crippen LogP contribution in [-0.2, 0) is 4.79 Å². The Balaban J connectivity index is 2.95. The van der Waals surface area contributed by atoms with Crippen molar-refractivity contribution in [2.24, 2.45) is 5.73 Å². The molecule has 0 aromatic heterocycles. The van der Waals surface area contributed by atoms with Crippen LogP contribution in [0.25, 0.3) is 0 Å². The van der Waals surface area contributed by atoms with Crippen LogP contribution in [-0.4, -0.2) is 36.9 Å². The predicted octanol–water partition coefficient (Wildman–Crippen LogP) is 0.911. The van der Waals surface area contributed by atoms with Gasteiger partial charge < -0.3 is 21.7 Å². The minimum atomic E-state index is -0.659. The zero-order valence-electron chi connectivity index (χ0n) is 10.9. The number of likely N-dealkylation sites (N-methyl/N-ethyl adjacent to an activating group) is 1. The highest BCUT2D eigenvalue weighted by atomic mass is 35.5. The Labute approximate surface area is 116 Å². The monoisotopic (exact) mass is 284 g/mol. The molecule has 0 saturated carbocycles. The molecule has 1 aromatic carbocycles. The fraction of sp³-hybridized carbons (Fsp3) is 0.333. The van der Waals surface area contributed by atoms with Gasteiger partial charge in [0, 0.05) is 19.3 Å². The van der Waals surface area contributed by atoms with Crippen LogP contribution in [0.5, 0.6) is 0 Å². The van der Waals surface area contributed by atoms with Gasteiger partial charge in [-0.2, -0.15) is 0 Å². The number of hydrogen-bond acceptors (Lipinski definition) is 4. The molecule has 5 N–H and O–H groups in total. The first-order chi connectivity index (χ1) is 8.86. The van der Waals surface area contributed by atoms with Gasteiger partial charge in [-0.1, -0.05) is 11.6 Å². The molecule has 7 heteroatoms. The molecule has 0 heterocycles. The Morgan fingerprint density at radius 3 is 2.58 bits per heavy atom. The molecular formula is C12H17ClN4O2. The lowest BCUT2D eigenvalue weighted by Crippen LogP contribution is -2.32. The molecule has 0 spiro atoms. The number of nitrogens with zero attached hydrogens (tertiary/aromatic N) is 1. The van der Waals surface area contributed by atoms with E-state index in [1.54, 1.807) is 11.9 Å². The van der Waals surface area contributed by atoms with E-state index in [0.717, 1.165) is 0 Å². The first kappa shape index (κ1) is 15.1. The lowest BCUT2D eigenvalue weighted by Gasteiger charge is -2.17. The second-order valence-corrected chi connectivity index (χ2v) is 4.46. The van der Waals surface area contributed by atoms with E-state index < -0.39 is 5.91 Å². The molecule has 0 fully saturated rings. The van der Waals surface area contributed by atoms with Crippen LogP contribution >= 0.6 is 11.6 Å². The Hall–Kier alpha value is -1.95. The third kappa shape index (κ3) is 3.75. The molecule has 104 valence electrons. The van der Waals surface area contributed by atoms with Crippen molar-refractivity contribution in [3.8, 4) is 0 Å². The standard InChI is InChI=1S/C12H17ClN4O2/c1-3-17(2)10(18)6-16-11-8(12(15)19)4-7(14)5-9(11)13/h4-5,16H,3,6,14H2,1-2H3,(H2,15,19). The van der Waals surface area contributed by atoms with Gasteiger partial charge in [-0.05, 0) is 19.1 Å². The largest absolute Gasteiger partial charge is 0.399 e. The fourth-order valence-corrected chi connectivity index (χ4v) is 1.77. The molecule has 1 rings (SSSR count). The summed E-state index contributed by atoms with van der Waals surface area (Å²) in [5.74, 6) is -0.779. The molecule has 0 aliphatic carbocycles. The lowest BCUT2D eigenvalue weighted by atomic mass is 10.1. The van der Waals surface area contributed by atoms with Crippen LogP contribution in [0.2, 0.25) is 5.02 Å². The van der Waals surface area contributed by atoms with E-state index in [-0.39, 0.29) is 23.0 Å². The van der Waals surface area contributed by atoms with E-state index in [2.05, 4.69) is 5.32 Å². The van der Waals surface area contributed by atoms with Gasteiger partial charge in [-0.15, -0.1) is 0 Å². The second-order valence-electron chi connectivity index (χ2n) is 4.05. The maximum absolute atomic E-state index is 11.7. The smallest absolute Gasteiger partial charge is 0.250 e. The van der Waals surface area contributed by atoms with Gasteiger partial charge in [0.15, 0.2) is 0 Å². The van der Waals surface area contributed by atoms with Gasteiger partial charge in [-0.3, -0.25) is 9.59 Å². The molecule has 0 bridgehead atoms. The van der Waals surface area contributed by atoms with Crippen molar-refractivity contribution < 1.29 is 9.59 Å². The normalized spacial score (nSPS) is 10.1. The Kier molecular flexibility index (Phi) is 5.00. The van der Waals surface area contributed by atoms with Gasteiger partial charge in [0.2, 0.25) is 5.91 Å². The molecule has 1 aromatic rings. The average molecular weight is 285 g/mol. The summed E-state index contributed by atoms with van der Waals surface area (Å²) in [6, 6.07) is 2.91. The summed E-state index contributed by atoms with van der Waals surface area (Å²) in [5.41, 5.74) is 11.7. The van der Waals surface area contributed by atoms with Crippen LogP contribution in [0.1, 0.15) is 17.3 Å². The van der Waals surface area contributed by atoms with Crippen LogP contribution in [0, 0.1) is 0 Å². The number of amides is 2. The maximum atomic E-state index is 11.7. The van der Waals surface area contributed by atoms with E-state index in [1.165, 1.54) is 12.1 Å². The number of carbonyl (C=O) groups is 2. The Bertz CT molecular complexity index is 505. The number of rotatable bonds is 5. The SMILES string of the molecule is CCN(C)C(=O)CNc1c(Cl)cc(N)cc1C(N)=O. The number of anilines is 2. The molecule has 6 nitrogen and oxygen atoms in total. The minimum Gasteiger partial charge on any atom is -0.399 e. The molecule has 0 unspecified atom stereocenters. The summed E-state index contributed by atoms with van der Waals surface area (Å²) in [7, 11) is 1.68. The number of benzene rings is 1. The van der Waals surface area contributed by atoms with Crippen molar-refractivity contribution in [1.82, 2.24) is 4.90 Å². The topological polar surface area (TPSA) is 101 Å². The second kappa shape index (κ2) is 6.29. The van der Waals surface area contributed by atoms with Crippen LogP contribution in [0.15, 0.2) is 12.1 Å². The molecule has 0 aliphatic rings. The summed E-state index contributed by atoms with van der Waals surface area (Å²) in [4.78, 5) is 24.6. The van der Waals surface area contributed by atoms with Gasteiger partial charge in [-0.25, -0.2) is 0 Å². The van der Waals surface area contributed by atoms with Crippen LogP contribution < -0.4 is 16.8 Å². The van der Waals surface area contributed by atoms with Crippen molar-refractivity contribution in [3.63, 3.8) is 0 Å². The third-order valence-electron chi connectivity index (χ3n) is 2.69. The molecule has 0 atom stereocenters. The Morgan fingerprint density at radius 1 is 1.42 bits per heavy atom. The summed E-state index contributed by atoms with van der Waals surface area (Å²) < 4.78 is 0. The van der Waals surface area contributed by atoms with Gasteiger partial charge in [0.25, 0.3) is 5.91 Å². The van der Waals surface area contributed by atoms with Crippen molar-refractivity contribution in [2.45, 2.75) is 6.92 Å². The summed E-state index contributed by atoms with van der Waals surface area (Å²) in [6.45, 7) is 2.48. The zero-order valence-corrected chi connectivity index (χ0v) is 11.6. The Morgan fingerprint density at radius 2 is 2.05 bits per heavy atom. The van der Waals surface area contributed by atoms with Crippen molar-refractivity contribution in [2.75, 3.05) is 31.2 Å². The number of primary amides is 1. The highest BCUT2D eigenvalue weighted by Gasteiger charge is 2.15. The third-order valence-corrected chi connectivity index (χ3v) is 2.99. The summed E-state index contributed by atoms with van der Waals surface area (Å²) in [5, 5.41) is 3.08. The number of nitrogen functional groups attached to an aromatic ring is 1. The summed E-state index contributed by atoms with van der Waals surface area (Å²) >= 11 is 6.00. The highest BCUT2D eigenvalue weighted by Crippen LogP contribution is 2.28. The molecule has 0 radical (unpaired) electrons. The fourth-order valence-electron chi connectivity index (χ4n) is 1.48. The first-order valence-corrected chi connectivity index (χ1v) is 6.11. The van der Waals surface area contributed by atoms with Crippen molar-refractivity contribution in [1.29, 1.82) is 0 Å². The van der Waals surface area contributed by atoms with Gasteiger partial charge >= 0.3 is 0 Å². The maximum Gasteiger partial charge on any atom is 0.250 e. The molecular weight excluding hydrogens is 268 g/mol. The number of carbonyl (C=O) groups excluding carboxylic acids is 2. The first-order valence-electron chi connectivity index (χ1n) is 5.73. The van der Waals surface area contributed by atoms with E-state index in [1.807, 2.05) is 6.92 Å². The number of nitrogens with two attached hydrogens (primary N) is 2. The number of hydrogen-bond donors (Lipinski definition) is 3. The van der Waals surface area contributed by atoms with E-state index >= 15 is 0 Å². The predicted molar refractivity (Wildman–Crippen MR) is 76.2 cm³/mol. The number of halogens is 1. The molecule has 0 saturated heterocycles.